The lowest BCUT2D eigenvalue weighted by Crippen LogP contribution is -2.29. The second-order valence-electron chi connectivity index (χ2n) is 4.33. The number of hydrogen-bond donors (Lipinski definition) is 1. The SMILES string of the molecule is CN(Cc1cccc(F)c1)C(=O)C1CC1N. The average molecular weight is 222 g/mol. The maximum atomic E-state index is 12.9. The fourth-order valence-corrected chi connectivity index (χ4v) is 1.77. The molecule has 1 saturated carbocycles. The molecular weight excluding hydrogens is 207 g/mol. The van der Waals surface area contributed by atoms with Crippen molar-refractivity contribution in [3.05, 3.63) is 35.6 Å². The third-order valence-electron chi connectivity index (χ3n) is 2.84. The van der Waals surface area contributed by atoms with Crippen molar-refractivity contribution in [1.29, 1.82) is 0 Å². The molecule has 1 aromatic carbocycles. The van der Waals surface area contributed by atoms with Crippen LogP contribution in [0, 0.1) is 11.7 Å². The molecule has 3 nitrogen and oxygen atoms in total. The number of hydrogen-bond acceptors (Lipinski definition) is 2. The van der Waals surface area contributed by atoms with Crippen LogP contribution >= 0.6 is 0 Å². The Morgan fingerprint density at radius 3 is 2.88 bits per heavy atom. The van der Waals surface area contributed by atoms with Crippen molar-refractivity contribution in [1.82, 2.24) is 4.90 Å². The second kappa shape index (κ2) is 4.22. The van der Waals surface area contributed by atoms with Crippen LogP contribution in [0.5, 0.6) is 0 Å². The van der Waals surface area contributed by atoms with E-state index in [1.807, 2.05) is 0 Å². The molecular formula is C12H15FN2O. The Morgan fingerprint density at radius 1 is 1.62 bits per heavy atom. The van der Waals surface area contributed by atoms with Crippen LogP contribution in [-0.2, 0) is 11.3 Å². The van der Waals surface area contributed by atoms with Gasteiger partial charge in [-0.15, -0.1) is 0 Å². The standard InChI is InChI=1S/C12H15FN2O/c1-15(12(16)10-6-11(10)14)7-8-3-2-4-9(13)5-8/h2-5,10-11H,6-7,14H2,1H3. The maximum Gasteiger partial charge on any atom is 0.227 e. The Bertz CT molecular complexity index is 408. The van der Waals surface area contributed by atoms with E-state index in [0.29, 0.717) is 6.54 Å². The first-order valence-electron chi connectivity index (χ1n) is 5.33. The van der Waals surface area contributed by atoms with E-state index in [0.717, 1.165) is 12.0 Å². The van der Waals surface area contributed by atoms with E-state index in [1.165, 1.54) is 12.1 Å². The van der Waals surface area contributed by atoms with Gasteiger partial charge in [-0.2, -0.15) is 0 Å². The van der Waals surface area contributed by atoms with Crippen molar-refractivity contribution in [2.24, 2.45) is 11.7 Å². The summed E-state index contributed by atoms with van der Waals surface area (Å²) in [5, 5.41) is 0. The summed E-state index contributed by atoms with van der Waals surface area (Å²) in [6, 6.07) is 6.30. The Morgan fingerprint density at radius 2 is 2.31 bits per heavy atom. The number of halogens is 1. The van der Waals surface area contributed by atoms with E-state index in [-0.39, 0.29) is 23.7 Å². The van der Waals surface area contributed by atoms with Gasteiger partial charge in [0.1, 0.15) is 5.82 Å². The van der Waals surface area contributed by atoms with Gasteiger partial charge in [0.25, 0.3) is 0 Å². The molecule has 1 fully saturated rings. The van der Waals surface area contributed by atoms with Crippen LogP contribution in [0.1, 0.15) is 12.0 Å². The monoisotopic (exact) mass is 222 g/mol. The van der Waals surface area contributed by atoms with E-state index >= 15 is 0 Å². The van der Waals surface area contributed by atoms with E-state index in [9.17, 15) is 9.18 Å². The molecule has 0 aromatic heterocycles. The van der Waals surface area contributed by atoms with Crippen molar-refractivity contribution in [2.75, 3.05) is 7.05 Å². The van der Waals surface area contributed by atoms with E-state index in [1.54, 1.807) is 24.1 Å². The molecule has 0 radical (unpaired) electrons. The summed E-state index contributed by atoms with van der Waals surface area (Å²) >= 11 is 0. The van der Waals surface area contributed by atoms with Crippen LogP contribution in [0.15, 0.2) is 24.3 Å². The molecule has 86 valence electrons. The van der Waals surface area contributed by atoms with Crippen LogP contribution in [-0.4, -0.2) is 23.9 Å². The molecule has 2 N–H and O–H groups in total. The van der Waals surface area contributed by atoms with Gasteiger partial charge in [-0.25, -0.2) is 4.39 Å². The van der Waals surface area contributed by atoms with Gasteiger partial charge in [-0.3, -0.25) is 4.79 Å². The quantitative estimate of drug-likeness (QED) is 0.833. The molecule has 2 unspecified atom stereocenters. The summed E-state index contributed by atoms with van der Waals surface area (Å²) < 4.78 is 12.9. The Kier molecular flexibility index (Phi) is 2.92. The third kappa shape index (κ3) is 2.39. The molecule has 1 aromatic rings. The minimum Gasteiger partial charge on any atom is -0.341 e. The summed E-state index contributed by atoms with van der Waals surface area (Å²) in [6.07, 6.45) is 0.770. The maximum absolute atomic E-state index is 12.9. The minimum atomic E-state index is -0.276. The first-order chi connectivity index (χ1) is 7.58. The molecule has 0 bridgehead atoms. The number of nitrogens with zero attached hydrogens (tertiary/aromatic N) is 1. The highest BCUT2D eigenvalue weighted by molar-refractivity contribution is 5.82. The molecule has 1 aliphatic carbocycles. The summed E-state index contributed by atoms with van der Waals surface area (Å²) in [7, 11) is 1.72. The molecule has 4 heteroatoms. The Hall–Kier alpha value is -1.42. The topological polar surface area (TPSA) is 46.3 Å². The van der Waals surface area contributed by atoms with Crippen molar-refractivity contribution in [2.45, 2.75) is 19.0 Å². The summed E-state index contributed by atoms with van der Waals surface area (Å²) in [6.45, 7) is 0.430. The lowest BCUT2D eigenvalue weighted by molar-refractivity contribution is -0.131. The Balaban J connectivity index is 1.96. The lowest BCUT2D eigenvalue weighted by atomic mass is 10.2. The summed E-state index contributed by atoms with van der Waals surface area (Å²) in [5.41, 5.74) is 6.41. The van der Waals surface area contributed by atoms with Gasteiger partial charge in [0.05, 0.1) is 5.92 Å². The van der Waals surface area contributed by atoms with E-state index < -0.39 is 0 Å². The van der Waals surface area contributed by atoms with Crippen LogP contribution in [0.2, 0.25) is 0 Å². The van der Waals surface area contributed by atoms with Crippen molar-refractivity contribution in [3.63, 3.8) is 0 Å². The minimum absolute atomic E-state index is 0.0162. The highest BCUT2D eigenvalue weighted by Gasteiger charge is 2.41. The molecule has 2 rings (SSSR count). The van der Waals surface area contributed by atoms with Crippen molar-refractivity contribution >= 4 is 5.91 Å². The molecule has 1 amide bonds. The lowest BCUT2D eigenvalue weighted by Gasteiger charge is -2.17. The van der Waals surface area contributed by atoms with Crippen LogP contribution in [0.4, 0.5) is 4.39 Å². The molecule has 0 heterocycles. The fourth-order valence-electron chi connectivity index (χ4n) is 1.77. The number of amides is 1. The fraction of sp³-hybridized carbons (Fsp3) is 0.417. The zero-order valence-corrected chi connectivity index (χ0v) is 9.19. The van der Waals surface area contributed by atoms with Crippen LogP contribution in [0.25, 0.3) is 0 Å². The normalized spacial score (nSPS) is 22.9. The smallest absolute Gasteiger partial charge is 0.227 e. The van der Waals surface area contributed by atoms with Crippen molar-refractivity contribution < 1.29 is 9.18 Å². The third-order valence-corrected chi connectivity index (χ3v) is 2.84. The first-order valence-corrected chi connectivity index (χ1v) is 5.33. The predicted octanol–water partition coefficient (Wildman–Crippen LogP) is 1.13. The van der Waals surface area contributed by atoms with Gasteiger partial charge in [-0.05, 0) is 24.1 Å². The zero-order valence-electron chi connectivity index (χ0n) is 9.19. The predicted molar refractivity (Wildman–Crippen MR) is 59.0 cm³/mol. The van der Waals surface area contributed by atoms with Gasteiger partial charge >= 0.3 is 0 Å². The second-order valence-corrected chi connectivity index (χ2v) is 4.33. The van der Waals surface area contributed by atoms with Gasteiger partial charge < -0.3 is 10.6 Å². The summed E-state index contributed by atoms with van der Waals surface area (Å²) in [4.78, 5) is 13.4. The van der Waals surface area contributed by atoms with Crippen molar-refractivity contribution in [3.8, 4) is 0 Å². The van der Waals surface area contributed by atoms with Crippen LogP contribution in [0.3, 0.4) is 0 Å². The van der Waals surface area contributed by atoms with Gasteiger partial charge in [-0.1, -0.05) is 12.1 Å². The van der Waals surface area contributed by atoms with Gasteiger partial charge in [0.15, 0.2) is 0 Å². The number of carbonyl (C=O) groups is 1. The number of rotatable bonds is 3. The highest BCUT2D eigenvalue weighted by Crippen LogP contribution is 2.29. The molecule has 16 heavy (non-hydrogen) atoms. The molecule has 2 atom stereocenters. The first kappa shape index (κ1) is 11.1. The zero-order chi connectivity index (χ0) is 11.7. The molecule has 0 aliphatic heterocycles. The van der Waals surface area contributed by atoms with E-state index in [2.05, 4.69) is 0 Å². The largest absolute Gasteiger partial charge is 0.341 e. The highest BCUT2D eigenvalue weighted by atomic mass is 19.1. The van der Waals surface area contributed by atoms with Gasteiger partial charge in [0.2, 0.25) is 5.91 Å². The average Bonchev–Trinajstić information content (AvgIpc) is 2.94. The number of carbonyl (C=O) groups excluding carboxylic acids is 1. The van der Waals surface area contributed by atoms with Crippen LogP contribution < -0.4 is 5.73 Å². The van der Waals surface area contributed by atoms with Gasteiger partial charge in [0, 0.05) is 19.6 Å². The molecule has 0 spiro atoms. The molecule has 0 saturated heterocycles. The molecule has 1 aliphatic rings. The number of nitrogens with two attached hydrogens (primary N) is 1. The number of benzene rings is 1. The van der Waals surface area contributed by atoms with E-state index in [4.69, 9.17) is 5.73 Å². The Labute approximate surface area is 94.0 Å². The summed E-state index contributed by atoms with van der Waals surface area (Å²) in [5.74, 6) is -0.253.